The largest absolute Gasteiger partial charge is 0.393 e. The summed E-state index contributed by atoms with van der Waals surface area (Å²) in [5.41, 5.74) is 0.817. The summed E-state index contributed by atoms with van der Waals surface area (Å²) in [6.07, 6.45) is 1.97. The molecule has 1 rings (SSSR count). The fourth-order valence-electron chi connectivity index (χ4n) is 1.58. The van der Waals surface area contributed by atoms with Gasteiger partial charge >= 0.3 is 0 Å². The topological polar surface area (TPSA) is 20.2 Å². The number of benzene rings is 1. The molecule has 1 N–H and O–H groups in total. The van der Waals surface area contributed by atoms with Gasteiger partial charge < -0.3 is 5.11 Å². The van der Waals surface area contributed by atoms with Crippen LogP contribution in [0.1, 0.15) is 32.3 Å². The van der Waals surface area contributed by atoms with Crippen molar-refractivity contribution in [2.45, 2.75) is 39.2 Å². The molecule has 0 saturated heterocycles. The lowest BCUT2D eigenvalue weighted by Gasteiger charge is -2.14. The molecule has 1 unspecified atom stereocenters. The van der Waals surface area contributed by atoms with Gasteiger partial charge in [0.1, 0.15) is 5.82 Å². The summed E-state index contributed by atoms with van der Waals surface area (Å²) in [6, 6.07) is 4.84. The van der Waals surface area contributed by atoms with Crippen LogP contribution in [0.15, 0.2) is 18.2 Å². The first kappa shape index (κ1) is 13.5. The fraction of sp³-hybridized carbons (Fsp3) is 0.538. The Morgan fingerprint density at radius 2 is 2.06 bits per heavy atom. The maximum absolute atomic E-state index is 13.1. The summed E-state index contributed by atoms with van der Waals surface area (Å²) in [7, 11) is 0. The molecular formula is C13H18ClFO. The summed E-state index contributed by atoms with van der Waals surface area (Å²) in [5, 5.41) is 9.83. The van der Waals surface area contributed by atoms with Crippen LogP contribution in [0.2, 0.25) is 5.02 Å². The van der Waals surface area contributed by atoms with E-state index in [0.29, 0.717) is 6.42 Å². The van der Waals surface area contributed by atoms with Crippen molar-refractivity contribution < 1.29 is 9.50 Å². The number of aryl methyl sites for hydroxylation is 1. The predicted octanol–water partition coefficient (Wildman–Crippen LogP) is 3.82. The third-order valence-electron chi connectivity index (χ3n) is 2.75. The quantitative estimate of drug-likeness (QED) is 0.835. The molecule has 3 heteroatoms. The minimum atomic E-state index is -0.372. The van der Waals surface area contributed by atoms with Gasteiger partial charge in [-0.15, -0.1) is 0 Å². The smallest absolute Gasteiger partial charge is 0.142 e. The number of halogens is 2. The van der Waals surface area contributed by atoms with E-state index in [-0.39, 0.29) is 22.9 Å². The van der Waals surface area contributed by atoms with Gasteiger partial charge in [0.05, 0.1) is 11.1 Å². The zero-order valence-corrected chi connectivity index (χ0v) is 10.5. The van der Waals surface area contributed by atoms with Crippen molar-refractivity contribution in [2.24, 2.45) is 5.92 Å². The molecule has 1 atom stereocenters. The van der Waals surface area contributed by atoms with Gasteiger partial charge in [0.25, 0.3) is 0 Å². The third-order valence-corrected chi connectivity index (χ3v) is 3.17. The molecule has 0 aromatic heterocycles. The summed E-state index contributed by atoms with van der Waals surface area (Å²) in [6.45, 7) is 3.97. The zero-order valence-electron chi connectivity index (χ0n) is 9.71. The van der Waals surface area contributed by atoms with Gasteiger partial charge in [-0.25, -0.2) is 4.39 Å². The van der Waals surface area contributed by atoms with Crippen molar-refractivity contribution in [2.75, 3.05) is 0 Å². The van der Waals surface area contributed by atoms with Crippen molar-refractivity contribution in [3.05, 3.63) is 34.6 Å². The number of rotatable bonds is 5. The highest BCUT2D eigenvalue weighted by atomic mass is 35.5. The monoisotopic (exact) mass is 244 g/mol. The first-order valence-corrected chi connectivity index (χ1v) is 6.01. The van der Waals surface area contributed by atoms with Crippen LogP contribution in [0.5, 0.6) is 0 Å². The Hall–Kier alpha value is -0.600. The highest BCUT2D eigenvalue weighted by Gasteiger charge is 2.10. The Morgan fingerprint density at radius 3 is 2.69 bits per heavy atom. The SMILES string of the molecule is CC(C)C(O)CCCc1cccc(F)c1Cl. The lowest BCUT2D eigenvalue weighted by Crippen LogP contribution is -2.14. The summed E-state index contributed by atoms with van der Waals surface area (Å²) < 4.78 is 13.1. The molecule has 1 aromatic carbocycles. The maximum Gasteiger partial charge on any atom is 0.142 e. The van der Waals surface area contributed by atoms with Crippen LogP contribution < -0.4 is 0 Å². The van der Waals surface area contributed by atoms with Crippen LogP contribution in [0.3, 0.4) is 0 Å². The van der Waals surface area contributed by atoms with Crippen LogP contribution in [0.4, 0.5) is 4.39 Å². The second kappa shape index (κ2) is 6.21. The minimum absolute atomic E-state index is 0.210. The Balaban J connectivity index is 2.46. The molecule has 0 bridgehead atoms. The standard InChI is InChI=1S/C13H18ClFO/c1-9(2)12(16)8-4-6-10-5-3-7-11(15)13(10)14/h3,5,7,9,12,16H,4,6,8H2,1-2H3. The maximum atomic E-state index is 13.1. The van der Waals surface area contributed by atoms with E-state index in [9.17, 15) is 9.50 Å². The van der Waals surface area contributed by atoms with Crippen molar-refractivity contribution in [1.29, 1.82) is 0 Å². The summed E-state index contributed by atoms with van der Waals surface area (Å²) in [4.78, 5) is 0. The average molecular weight is 245 g/mol. The van der Waals surface area contributed by atoms with E-state index in [1.54, 1.807) is 6.07 Å². The summed E-state index contributed by atoms with van der Waals surface area (Å²) >= 11 is 5.83. The first-order valence-electron chi connectivity index (χ1n) is 5.63. The third kappa shape index (κ3) is 3.76. The summed E-state index contributed by atoms with van der Waals surface area (Å²) in [5.74, 6) is -0.105. The van der Waals surface area contributed by atoms with Crippen LogP contribution in [-0.4, -0.2) is 11.2 Å². The first-order chi connectivity index (χ1) is 7.52. The van der Waals surface area contributed by atoms with Gasteiger partial charge in [0.15, 0.2) is 0 Å². The van der Waals surface area contributed by atoms with Crippen molar-refractivity contribution in [3.8, 4) is 0 Å². The van der Waals surface area contributed by atoms with E-state index in [0.717, 1.165) is 18.4 Å². The molecule has 1 nitrogen and oxygen atoms in total. The van der Waals surface area contributed by atoms with Crippen LogP contribution >= 0.6 is 11.6 Å². The highest BCUT2D eigenvalue weighted by Crippen LogP contribution is 2.22. The number of hydrogen-bond donors (Lipinski definition) is 1. The molecule has 0 aliphatic carbocycles. The molecule has 1 aromatic rings. The molecule has 0 fully saturated rings. The number of aliphatic hydroxyl groups excluding tert-OH is 1. The van der Waals surface area contributed by atoms with E-state index in [4.69, 9.17) is 11.6 Å². The molecule has 16 heavy (non-hydrogen) atoms. The Morgan fingerprint density at radius 1 is 1.38 bits per heavy atom. The zero-order chi connectivity index (χ0) is 12.1. The Kier molecular flexibility index (Phi) is 5.23. The van der Waals surface area contributed by atoms with Crippen molar-refractivity contribution in [1.82, 2.24) is 0 Å². The molecule has 0 amide bonds. The Labute approximate surface area is 101 Å². The van der Waals surface area contributed by atoms with Gasteiger partial charge in [-0.05, 0) is 36.8 Å². The van der Waals surface area contributed by atoms with Gasteiger partial charge in [-0.3, -0.25) is 0 Å². The average Bonchev–Trinajstić information content (AvgIpc) is 2.24. The van der Waals surface area contributed by atoms with Gasteiger partial charge in [-0.2, -0.15) is 0 Å². The molecule has 0 heterocycles. The molecule has 0 aliphatic rings. The molecule has 0 saturated carbocycles. The van der Waals surface area contributed by atoms with E-state index < -0.39 is 0 Å². The molecule has 90 valence electrons. The lowest BCUT2D eigenvalue weighted by molar-refractivity contribution is 0.114. The second-order valence-electron chi connectivity index (χ2n) is 4.42. The van der Waals surface area contributed by atoms with E-state index in [2.05, 4.69) is 0 Å². The van der Waals surface area contributed by atoms with Crippen LogP contribution in [0.25, 0.3) is 0 Å². The second-order valence-corrected chi connectivity index (χ2v) is 4.79. The molecule has 0 radical (unpaired) electrons. The molecule has 0 spiro atoms. The van der Waals surface area contributed by atoms with Crippen LogP contribution in [-0.2, 0) is 6.42 Å². The Bertz CT molecular complexity index is 339. The number of aliphatic hydroxyl groups is 1. The van der Waals surface area contributed by atoms with E-state index >= 15 is 0 Å². The van der Waals surface area contributed by atoms with Crippen LogP contribution in [0, 0.1) is 11.7 Å². The number of hydrogen-bond acceptors (Lipinski definition) is 1. The van der Waals surface area contributed by atoms with E-state index in [1.807, 2.05) is 19.9 Å². The van der Waals surface area contributed by atoms with Gasteiger partial charge in [0.2, 0.25) is 0 Å². The van der Waals surface area contributed by atoms with Crippen molar-refractivity contribution >= 4 is 11.6 Å². The van der Waals surface area contributed by atoms with E-state index in [1.165, 1.54) is 6.07 Å². The normalized spacial score (nSPS) is 13.1. The van der Waals surface area contributed by atoms with Crippen molar-refractivity contribution in [3.63, 3.8) is 0 Å². The minimum Gasteiger partial charge on any atom is -0.393 e. The van der Waals surface area contributed by atoms with Gasteiger partial charge in [-0.1, -0.05) is 37.6 Å². The fourth-order valence-corrected chi connectivity index (χ4v) is 1.80. The van der Waals surface area contributed by atoms with Gasteiger partial charge in [0, 0.05) is 0 Å². The molecule has 0 aliphatic heterocycles. The molecular weight excluding hydrogens is 227 g/mol. The predicted molar refractivity (Wildman–Crippen MR) is 65.2 cm³/mol. The highest BCUT2D eigenvalue weighted by molar-refractivity contribution is 6.31. The lowest BCUT2D eigenvalue weighted by atomic mass is 9.99.